The Kier molecular flexibility index (Phi) is 5.03. The Morgan fingerprint density at radius 3 is 1.71 bits per heavy atom. The van der Waals surface area contributed by atoms with Crippen LogP contribution in [0.3, 0.4) is 0 Å². The summed E-state index contributed by atoms with van der Waals surface area (Å²) in [5.74, 6) is 0.620. The maximum atomic E-state index is 10.3. The second-order valence-corrected chi connectivity index (χ2v) is 8.34. The van der Waals surface area contributed by atoms with Crippen LogP contribution in [-0.4, -0.2) is 17.2 Å². The van der Waals surface area contributed by atoms with Crippen LogP contribution in [0.25, 0.3) is 55.1 Å². The van der Waals surface area contributed by atoms with E-state index in [1.54, 1.807) is 0 Å². The van der Waals surface area contributed by atoms with Gasteiger partial charge in [0.1, 0.15) is 11.4 Å². The molecule has 2 N–H and O–H groups in total. The zero-order chi connectivity index (χ0) is 23.1. The third-order valence-electron chi connectivity index (χ3n) is 6.31. The fourth-order valence-electron chi connectivity index (χ4n) is 4.83. The van der Waals surface area contributed by atoms with Crippen LogP contribution in [0.4, 0.5) is 0 Å². The van der Waals surface area contributed by atoms with E-state index < -0.39 is 7.12 Å². The van der Waals surface area contributed by atoms with Crippen molar-refractivity contribution in [2.75, 3.05) is 0 Å². The molecule has 4 heteroatoms. The minimum absolute atomic E-state index is 0.136. The van der Waals surface area contributed by atoms with Gasteiger partial charge < -0.3 is 14.5 Å². The zero-order valence-corrected chi connectivity index (χ0v) is 18.3. The van der Waals surface area contributed by atoms with Crippen LogP contribution in [0, 0.1) is 0 Å². The second kappa shape index (κ2) is 8.34. The Balaban J connectivity index is 1.77. The molecule has 1 heterocycles. The van der Waals surface area contributed by atoms with Gasteiger partial charge in [-0.25, -0.2) is 0 Å². The minimum Gasteiger partial charge on any atom is -0.463 e. The summed E-state index contributed by atoms with van der Waals surface area (Å²) in [6, 6.07) is 38.4. The lowest BCUT2D eigenvalue weighted by molar-refractivity contribution is 0.411. The van der Waals surface area contributed by atoms with E-state index in [0.717, 1.165) is 38.4 Å². The van der Waals surface area contributed by atoms with Crippen molar-refractivity contribution in [1.82, 2.24) is 0 Å². The molecule has 0 unspecified atom stereocenters. The molecular formula is C30H21BO3. The van der Waals surface area contributed by atoms with E-state index in [-0.39, 0.29) is 5.66 Å². The molecule has 0 bridgehead atoms. The second-order valence-electron chi connectivity index (χ2n) is 8.34. The first-order valence-corrected chi connectivity index (χ1v) is 11.3. The highest BCUT2D eigenvalue weighted by atomic mass is 16.4. The van der Waals surface area contributed by atoms with E-state index in [4.69, 9.17) is 4.42 Å². The lowest BCUT2D eigenvalue weighted by atomic mass is 9.80. The van der Waals surface area contributed by atoms with Gasteiger partial charge in [0.05, 0.1) is 0 Å². The van der Waals surface area contributed by atoms with Gasteiger partial charge >= 0.3 is 7.12 Å². The number of furan rings is 1. The summed E-state index contributed by atoms with van der Waals surface area (Å²) in [7, 11) is -1.75. The number of rotatable bonds is 4. The van der Waals surface area contributed by atoms with Crippen LogP contribution in [0.5, 0.6) is 0 Å². The summed E-state index contributed by atoms with van der Waals surface area (Å²) in [5.41, 5.74) is 4.40. The summed E-state index contributed by atoms with van der Waals surface area (Å²) in [6.45, 7) is 0. The molecule has 3 nitrogen and oxygen atoms in total. The summed E-state index contributed by atoms with van der Waals surface area (Å²) in [6.07, 6.45) is 0. The average Bonchev–Trinajstić information content (AvgIpc) is 3.30. The lowest BCUT2D eigenvalue weighted by Crippen LogP contribution is -2.30. The van der Waals surface area contributed by atoms with Crippen molar-refractivity contribution < 1.29 is 14.5 Å². The summed E-state index contributed by atoms with van der Waals surface area (Å²) < 4.78 is 6.36. The quantitative estimate of drug-likeness (QED) is 0.251. The van der Waals surface area contributed by atoms with Gasteiger partial charge in [-0.2, -0.15) is 0 Å². The molecule has 0 saturated carbocycles. The molecule has 6 rings (SSSR count). The van der Waals surface area contributed by atoms with E-state index in [0.29, 0.717) is 11.3 Å². The molecule has 5 aromatic carbocycles. The van der Waals surface area contributed by atoms with Crippen LogP contribution >= 0.6 is 0 Å². The largest absolute Gasteiger partial charge is 0.527 e. The SMILES string of the molecule is OB(O)c1oc(-c2cc3ccccc3c3ccccc23)c(-c2ccccc2)c1-c1ccccc1. The normalized spacial score (nSPS) is 11.2. The van der Waals surface area contributed by atoms with Gasteiger partial charge in [0.2, 0.25) is 0 Å². The average molecular weight is 440 g/mol. The fourth-order valence-corrected chi connectivity index (χ4v) is 4.83. The van der Waals surface area contributed by atoms with Crippen molar-refractivity contribution in [1.29, 1.82) is 0 Å². The van der Waals surface area contributed by atoms with Gasteiger partial charge in [-0.05, 0) is 38.7 Å². The van der Waals surface area contributed by atoms with E-state index >= 15 is 0 Å². The number of benzene rings is 5. The highest BCUT2D eigenvalue weighted by Crippen LogP contribution is 2.44. The molecule has 1 aromatic heterocycles. The smallest absolute Gasteiger partial charge is 0.463 e. The Morgan fingerprint density at radius 2 is 1.06 bits per heavy atom. The number of hydrogen-bond donors (Lipinski definition) is 2. The van der Waals surface area contributed by atoms with Gasteiger partial charge in [0.25, 0.3) is 0 Å². The lowest BCUT2D eigenvalue weighted by Gasteiger charge is -2.12. The topological polar surface area (TPSA) is 53.6 Å². The van der Waals surface area contributed by atoms with Crippen molar-refractivity contribution in [3.63, 3.8) is 0 Å². The predicted octanol–water partition coefficient (Wildman–Crippen LogP) is 6.27. The Bertz CT molecular complexity index is 1620. The molecule has 0 fully saturated rings. The molecule has 0 atom stereocenters. The minimum atomic E-state index is -1.75. The Morgan fingerprint density at radius 1 is 0.529 bits per heavy atom. The third kappa shape index (κ3) is 3.32. The van der Waals surface area contributed by atoms with E-state index in [2.05, 4.69) is 30.3 Å². The molecule has 0 aliphatic carbocycles. The highest BCUT2D eigenvalue weighted by Gasteiger charge is 2.30. The van der Waals surface area contributed by atoms with Crippen molar-refractivity contribution >= 4 is 34.3 Å². The maximum Gasteiger partial charge on any atom is 0.527 e. The molecule has 34 heavy (non-hydrogen) atoms. The standard InChI is InChI=1S/C30H21BO3/c32-31(33)30-28(21-13-5-2-6-14-21)27(20-11-3-1-4-12-20)29(34-30)26-19-22-15-7-8-16-23(22)24-17-9-10-18-25(24)26/h1-19,32-33H. The molecule has 0 saturated heterocycles. The van der Waals surface area contributed by atoms with Gasteiger partial charge in [0.15, 0.2) is 0 Å². The van der Waals surface area contributed by atoms with Crippen LogP contribution in [0.2, 0.25) is 0 Å². The van der Waals surface area contributed by atoms with Crippen LogP contribution in [0.15, 0.2) is 120 Å². The number of hydrogen-bond acceptors (Lipinski definition) is 3. The monoisotopic (exact) mass is 440 g/mol. The van der Waals surface area contributed by atoms with E-state index in [1.165, 1.54) is 5.39 Å². The summed E-state index contributed by atoms with van der Waals surface area (Å²) >= 11 is 0. The first kappa shape index (κ1) is 20.5. The van der Waals surface area contributed by atoms with Crippen molar-refractivity contribution in [3.8, 4) is 33.6 Å². The molecule has 0 aliphatic rings. The molecular weight excluding hydrogens is 419 g/mol. The maximum absolute atomic E-state index is 10.3. The first-order chi connectivity index (χ1) is 16.7. The van der Waals surface area contributed by atoms with Crippen molar-refractivity contribution in [3.05, 3.63) is 115 Å². The van der Waals surface area contributed by atoms with Gasteiger partial charge in [-0.3, -0.25) is 0 Å². The molecule has 0 spiro atoms. The van der Waals surface area contributed by atoms with E-state index in [1.807, 2.05) is 84.9 Å². The summed E-state index contributed by atoms with van der Waals surface area (Å²) in [4.78, 5) is 0. The fraction of sp³-hybridized carbons (Fsp3) is 0. The third-order valence-corrected chi connectivity index (χ3v) is 6.31. The van der Waals surface area contributed by atoms with Crippen molar-refractivity contribution in [2.45, 2.75) is 0 Å². The van der Waals surface area contributed by atoms with Crippen LogP contribution in [0.1, 0.15) is 0 Å². The molecule has 0 radical (unpaired) electrons. The first-order valence-electron chi connectivity index (χ1n) is 11.3. The van der Waals surface area contributed by atoms with Gasteiger partial charge in [-0.1, -0.05) is 109 Å². The molecule has 162 valence electrons. The van der Waals surface area contributed by atoms with E-state index in [9.17, 15) is 10.0 Å². The van der Waals surface area contributed by atoms with Gasteiger partial charge in [0, 0.05) is 16.7 Å². The molecule has 6 aromatic rings. The van der Waals surface area contributed by atoms with Crippen LogP contribution in [-0.2, 0) is 0 Å². The van der Waals surface area contributed by atoms with Crippen molar-refractivity contribution in [2.24, 2.45) is 0 Å². The molecule has 0 aliphatic heterocycles. The van der Waals surface area contributed by atoms with Crippen LogP contribution < -0.4 is 5.66 Å². The highest BCUT2D eigenvalue weighted by molar-refractivity contribution is 6.59. The number of fused-ring (bicyclic) bond motifs is 3. The Hall–Kier alpha value is -4.12. The zero-order valence-electron chi connectivity index (χ0n) is 18.3. The summed E-state index contributed by atoms with van der Waals surface area (Å²) in [5, 5.41) is 25.1. The molecule has 0 amide bonds. The predicted molar refractivity (Wildman–Crippen MR) is 140 cm³/mol. The Labute approximate surface area is 197 Å². The van der Waals surface area contributed by atoms with Gasteiger partial charge in [-0.15, -0.1) is 0 Å².